The Morgan fingerprint density at radius 3 is 2.00 bits per heavy atom. The zero-order valence-electron chi connectivity index (χ0n) is 30.2. The summed E-state index contributed by atoms with van der Waals surface area (Å²) in [6.07, 6.45) is 3.74. The van der Waals surface area contributed by atoms with Gasteiger partial charge in [-0.1, -0.05) is 69.3 Å². The van der Waals surface area contributed by atoms with Gasteiger partial charge in [0.25, 0.3) is 0 Å². The minimum Gasteiger partial charge on any atom is -0.439 e. The molecule has 0 amide bonds. The van der Waals surface area contributed by atoms with Gasteiger partial charge in [-0.2, -0.15) is 0 Å². The first-order valence-electron chi connectivity index (χ1n) is 18.1. The molecule has 0 radical (unpaired) electrons. The van der Waals surface area contributed by atoms with E-state index in [9.17, 15) is 0 Å². The summed E-state index contributed by atoms with van der Waals surface area (Å²) in [5, 5.41) is 4.76. The molecule has 7 nitrogen and oxygen atoms in total. The summed E-state index contributed by atoms with van der Waals surface area (Å²) < 4.78 is 11.2. The first-order valence-corrected chi connectivity index (χ1v) is 18.1. The predicted molar refractivity (Wildman–Crippen MR) is 218 cm³/mol. The monoisotopic (exact) mass is 690 g/mol. The van der Waals surface area contributed by atoms with E-state index in [4.69, 9.17) is 9.72 Å². The predicted octanol–water partition coefficient (Wildman–Crippen LogP) is 11.3. The molecular formula is C46H38N6O. The number of anilines is 3. The number of fused-ring (bicyclic) bond motifs is 7. The highest BCUT2D eigenvalue weighted by molar-refractivity contribution is 6.12. The van der Waals surface area contributed by atoms with Crippen LogP contribution in [0.4, 0.5) is 17.1 Å². The number of benzene rings is 5. The molecule has 0 fully saturated rings. The van der Waals surface area contributed by atoms with E-state index in [1.807, 2.05) is 30.6 Å². The van der Waals surface area contributed by atoms with Crippen molar-refractivity contribution >= 4 is 60.7 Å². The second-order valence-corrected chi connectivity index (χ2v) is 14.9. The maximum atomic E-state index is 6.56. The molecule has 9 aromatic rings. The summed E-state index contributed by atoms with van der Waals surface area (Å²) in [4.78, 5) is 14.1. The van der Waals surface area contributed by atoms with Gasteiger partial charge in [0.15, 0.2) is 0 Å². The van der Waals surface area contributed by atoms with Crippen LogP contribution in [0.15, 0.2) is 146 Å². The quantitative estimate of drug-likeness (QED) is 0.180. The summed E-state index contributed by atoms with van der Waals surface area (Å²) in [5.74, 6) is 2.12. The molecule has 53 heavy (non-hydrogen) atoms. The van der Waals surface area contributed by atoms with Crippen LogP contribution in [-0.4, -0.2) is 32.8 Å². The Labute approximate surface area is 307 Å². The fraction of sp³-hybridized carbons (Fsp3) is 0.130. The van der Waals surface area contributed by atoms with Gasteiger partial charge >= 0.3 is 0 Å². The lowest BCUT2D eigenvalue weighted by Crippen LogP contribution is -2.23. The maximum Gasteiger partial charge on any atom is 0.221 e. The normalized spacial score (nSPS) is 13.1. The van der Waals surface area contributed by atoms with Gasteiger partial charge in [0, 0.05) is 64.5 Å². The standard InChI is InChI=1S/C46H38N6O/c1-46(2,3)30-21-23-47-44(25-30)52-40-20-17-32(51-38-13-7-5-11-34(38)35-12-6-8-14-39(35)51)26-37(40)36-19-18-33(28-43(36)52)53-45-27-31(22-24-48-45)50-29-49(4)41-15-9-10-16-42(41)50/h5-28H,29H2,1-4H3. The molecule has 258 valence electrons. The Bertz CT molecular complexity index is 2820. The summed E-state index contributed by atoms with van der Waals surface area (Å²) >= 11 is 0. The van der Waals surface area contributed by atoms with Crippen molar-refractivity contribution in [3.05, 3.63) is 151 Å². The third-order valence-electron chi connectivity index (χ3n) is 10.6. The van der Waals surface area contributed by atoms with Crippen LogP contribution >= 0.6 is 0 Å². The zero-order chi connectivity index (χ0) is 35.8. The molecule has 0 saturated carbocycles. The number of rotatable bonds is 5. The van der Waals surface area contributed by atoms with Gasteiger partial charge < -0.3 is 19.1 Å². The van der Waals surface area contributed by atoms with Crippen LogP contribution < -0.4 is 14.5 Å². The maximum absolute atomic E-state index is 6.56. The van der Waals surface area contributed by atoms with Gasteiger partial charge in [-0.25, -0.2) is 9.97 Å². The molecule has 4 aromatic heterocycles. The molecule has 0 aliphatic carbocycles. The fourth-order valence-corrected chi connectivity index (χ4v) is 7.99. The third-order valence-corrected chi connectivity index (χ3v) is 10.6. The third kappa shape index (κ3) is 5.03. The van der Waals surface area contributed by atoms with Crippen LogP contribution in [0, 0.1) is 0 Å². The average Bonchev–Trinajstić information content (AvgIpc) is 3.81. The number of nitrogens with zero attached hydrogens (tertiary/aromatic N) is 6. The minimum absolute atomic E-state index is 0.0320. The van der Waals surface area contributed by atoms with Crippen molar-refractivity contribution in [1.29, 1.82) is 0 Å². The lowest BCUT2D eigenvalue weighted by Gasteiger charge is -2.20. The molecular weight excluding hydrogens is 653 g/mol. The Hall–Kier alpha value is -6.60. The number of hydrogen-bond donors (Lipinski definition) is 0. The van der Waals surface area contributed by atoms with Crippen molar-refractivity contribution in [3.8, 4) is 23.1 Å². The Balaban J connectivity index is 1.13. The highest BCUT2D eigenvalue weighted by atomic mass is 16.5. The molecule has 7 heteroatoms. The summed E-state index contributed by atoms with van der Waals surface area (Å²) in [7, 11) is 2.11. The second kappa shape index (κ2) is 11.7. The first kappa shape index (κ1) is 31.2. The molecule has 0 atom stereocenters. The van der Waals surface area contributed by atoms with Gasteiger partial charge in [-0.15, -0.1) is 0 Å². The SMILES string of the molecule is CN1CN(c2ccnc(Oc3ccc4c5cc(-n6c7ccccc7c7ccccc76)ccc5n(-c5cc(C(C)(C)C)ccn5)c4c3)c2)c2ccccc21. The molecule has 10 rings (SSSR count). The van der Waals surface area contributed by atoms with Crippen LogP contribution in [0.2, 0.25) is 0 Å². The minimum atomic E-state index is -0.0320. The van der Waals surface area contributed by atoms with Crippen molar-refractivity contribution in [2.75, 3.05) is 23.5 Å². The molecule has 1 aliphatic rings. The summed E-state index contributed by atoms with van der Waals surface area (Å²) in [6.45, 7) is 7.47. The van der Waals surface area contributed by atoms with Gasteiger partial charge in [0.05, 0.1) is 40.1 Å². The van der Waals surface area contributed by atoms with E-state index in [2.05, 4.69) is 167 Å². The van der Waals surface area contributed by atoms with E-state index in [1.54, 1.807) is 0 Å². The smallest absolute Gasteiger partial charge is 0.221 e. The van der Waals surface area contributed by atoms with E-state index < -0.39 is 0 Å². The molecule has 0 spiro atoms. The average molecular weight is 691 g/mol. The van der Waals surface area contributed by atoms with Crippen molar-refractivity contribution < 1.29 is 4.74 Å². The molecule has 0 unspecified atom stereocenters. The van der Waals surface area contributed by atoms with Gasteiger partial charge in [-0.3, -0.25) is 4.57 Å². The number of pyridine rings is 2. The highest BCUT2D eigenvalue weighted by Gasteiger charge is 2.25. The van der Waals surface area contributed by atoms with Crippen LogP contribution in [0.3, 0.4) is 0 Å². The van der Waals surface area contributed by atoms with Crippen LogP contribution in [0.5, 0.6) is 11.6 Å². The van der Waals surface area contributed by atoms with Gasteiger partial charge in [-0.05, 0) is 83.8 Å². The lowest BCUT2D eigenvalue weighted by atomic mass is 9.88. The molecule has 0 N–H and O–H groups in total. The van der Waals surface area contributed by atoms with E-state index >= 15 is 0 Å². The molecule has 1 aliphatic heterocycles. The van der Waals surface area contributed by atoms with Gasteiger partial charge in [0.2, 0.25) is 5.88 Å². The Kier molecular flexibility index (Phi) is 6.89. The molecule has 0 bridgehead atoms. The number of hydrogen-bond acceptors (Lipinski definition) is 5. The van der Waals surface area contributed by atoms with Crippen LogP contribution in [-0.2, 0) is 5.41 Å². The van der Waals surface area contributed by atoms with Crippen molar-refractivity contribution in [1.82, 2.24) is 19.1 Å². The highest BCUT2D eigenvalue weighted by Crippen LogP contribution is 2.42. The van der Waals surface area contributed by atoms with Crippen molar-refractivity contribution in [2.24, 2.45) is 0 Å². The van der Waals surface area contributed by atoms with Crippen molar-refractivity contribution in [3.63, 3.8) is 0 Å². The van der Waals surface area contributed by atoms with E-state index in [-0.39, 0.29) is 5.41 Å². The largest absolute Gasteiger partial charge is 0.439 e. The number of ether oxygens (including phenoxy) is 1. The van der Waals surface area contributed by atoms with Crippen molar-refractivity contribution in [2.45, 2.75) is 26.2 Å². The second-order valence-electron chi connectivity index (χ2n) is 14.9. The number of aromatic nitrogens is 4. The fourth-order valence-electron chi connectivity index (χ4n) is 7.99. The topological polar surface area (TPSA) is 51.4 Å². The Morgan fingerprint density at radius 1 is 0.547 bits per heavy atom. The zero-order valence-corrected chi connectivity index (χ0v) is 30.2. The van der Waals surface area contributed by atoms with Gasteiger partial charge in [0.1, 0.15) is 11.6 Å². The lowest BCUT2D eigenvalue weighted by molar-refractivity contribution is 0.463. The van der Waals surface area contributed by atoms with E-state index in [0.717, 1.165) is 45.7 Å². The summed E-state index contributed by atoms with van der Waals surface area (Å²) in [6, 6.07) is 47.2. The molecule has 5 aromatic carbocycles. The molecule has 0 saturated heterocycles. The Morgan fingerprint density at radius 2 is 1.23 bits per heavy atom. The van der Waals surface area contributed by atoms with E-state index in [1.165, 1.54) is 38.7 Å². The first-order chi connectivity index (χ1) is 25.8. The molecule has 5 heterocycles. The van der Waals surface area contributed by atoms with Crippen LogP contribution in [0.25, 0.3) is 55.1 Å². The van der Waals surface area contributed by atoms with Crippen LogP contribution in [0.1, 0.15) is 26.3 Å². The number of para-hydroxylation sites is 4. The van der Waals surface area contributed by atoms with E-state index in [0.29, 0.717) is 11.6 Å². The summed E-state index contributed by atoms with van der Waals surface area (Å²) in [5.41, 5.74) is 10.2.